The minimum atomic E-state index is 0.0831. The average Bonchev–Trinajstić information content (AvgIpc) is 3.02. The van der Waals surface area contributed by atoms with Crippen LogP contribution in [0.1, 0.15) is 30.6 Å². The van der Waals surface area contributed by atoms with Crippen LogP contribution in [0.5, 0.6) is 0 Å². The standard InChI is InChI=1S/C15H16N4S/c1-2-7-17-15(14-10-20-19-18-14)13-5-3-4-11-9-16-8-6-12(11)13/h3-6,8-10,15,17H,2,7H2,1H3. The van der Waals surface area contributed by atoms with E-state index in [-0.39, 0.29) is 6.04 Å². The summed E-state index contributed by atoms with van der Waals surface area (Å²) in [7, 11) is 0. The summed E-state index contributed by atoms with van der Waals surface area (Å²) >= 11 is 1.39. The van der Waals surface area contributed by atoms with Crippen molar-refractivity contribution in [3.63, 3.8) is 0 Å². The first kappa shape index (κ1) is 13.1. The van der Waals surface area contributed by atoms with Crippen LogP contribution in [-0.4, -0.2) is 21.1 Å². The van der Waals surface area contributed by atoms with Crippen molar-refractivity contribution in [2.45, 2.75) is 19.4 Å². The molecule has 0 fully saturated rings. The molecule has 0 radical (unpaired) electrons. The molecule has 3 rings (SSSR count). The number of aromatic nitrogens is 3. The largest absolute Gasteiger partial charge is 0.305 e. The van der Waals surface area contributed by atoms with Gasteiger partial charge in [-0.25, -0.2) is 0 Å². The summed E-state index contributed by atoms with van der Waals surface area (Å²) in [4.78, 5) is 4.19. The molecule has 2 aromatic heterocycles. The number of pyridine rings is 1. The van der Waals surface area contributed by atoms with E-state index < -0.39 is 0 Å². The Morgan fingerprint density at radius 2 is 2.25 bits per heavy atom. The summed E-state index contributed by atoms with van der Waals surface area (Å²) in [6.45, 7) is 3.11. The zero-order chi connectivity index (χ0) is 13.8. The molecular weight excluding hydrogens is 268 g/mol. The Morgan fingerprint density at radius 3 is 3.05 bits per heavy atom. The molecule has 0 saturated carbocycles. The zero-order valence-electron chi connectivity index (χ0n) is 11.3. The van der Waals surface area contributed by atoms with Crippen molar-refractivity contribution in [1.82, 2.24) is 19.9 Å². The molecule has 3 aromatic rings. The second-order valence-corrected chi connectivity index (χ2v) is 5.27. The first-order chi connectivity index (χ1) is 9.90. The predicted molar refractivity (Wildman–Crippen MR) is 81.8 cm³/mol. The lowest BCUT2D eigenvalue weighted by molar-refractivity contribution is 0.588. The Labute approximate surface area is 122 Å². The van der Waals surface area contributed by atoms with Crippen molar-refractivity contribution < 1.29 is 0 Å². The first-order valence-corrected chi connectivity index (χ1v) is 7.56. The third kappa shape index (κ3) is 2.55. The van der Waals surface area contributed by atoms with Crippen molar-refractivity contribution in [3.05, 3.63) is 53.3 Å². The average molecular weight is 284 g/mol. The predicted octanol–water partition coefficient (Wildman–Crippen LogP) is 3.18. The number of nitrogens with one attached hydrogen (secondary N) is 1. The van der Waals surface area contributed by atoms with Crippen LogP contribution in [0.2, 0.25) is 0 Å². The highest BCUT2D eigenvalue weighted by Crippen LogP contribution is 2.28. The maximum absolute atomic E-state index is 4.24. The molecule has 0 bridgehead atoms. The SMILES string of the molecule is CCCNC(c1csnn1)c1cccc2cnccc12. The van der Waals surface area contributed by atoms with E-state index in [1.54, 1.807) is 0 Å². The molecule has 1 N–H and O–H groups in total. The van der Waals surface area contributed by atoms with Gasteiger partial charge in [-0.3, -0.25) is 4.98 Å². The Balaban J connectivity index is 2.09. The number of benzene rings is 1. The number of nitrogens with zero attached hydrogens (tertiary/aromatic N) is 3. The fraction of sp³-hybridized carbons (Fsp3) is 0.267. The molecule has 0 spiro atoms. The van der Waals surface area contributed by atoms with E-state index in [2.05, 4.69) is 51.1 Å². The van der Waals surface area contributed by atoms with Gasteiger partial charge in [-0.1, -0.05) is 29.6 Å². The van der Waals surface area contributed by atoms with Crippen LogP contribution in [0.15, 0.2) is 42.0 Å². The lowest BCUT2D eigenvalue weighted by Gasteiger charge is -2.18. The number of rotatable bonds is 5. The normalized spacial score (nSPS) is 12.7. The fourth-order valence-electron chi connectivity index (χ4n) is 2.36. The van der Waals surface area contributed by atoms with Gasteiger partial charge in [-0.15, -0.1) is 5.10 Å². The van der Waals surface area contributed by atoms with Crippen LogP contribution in [0.4, 0.5) is 0 Å². The quantitative estimate of drug-likeness (QED) is 0.782. The topological polar surface area (TPSA) is 50.7 Å². The van der Waals surface area contributed by atoms with Gasteiger partial charge in [0.25, 0.3) is 0 Å². The van der Waals surface area contributed by atoms with E-state index in [1.165, 1.54) is 22.5 Å². The second-order valence-electron chi connectivity index (χ2n) is 4.66. The van der Waals surface area contributed by atoms with Gasteiger partial charge < -0.3 is 5.32 Å². The molecule has 102 valence electrons. The van der Waals surface area contributed by atoms with E-state index in [0.29, 0.717) is 0 Å². The van der Waals surface area contributed by atoms with Crippen LogP contribution in [0.3, 0.4) is 0 Å². The molecule has 0 aliphatic carbocycles. The molecule has 0 aliphatic heterocycles. The van der Waals surface area contributed by atoms with E-state index in [4.69, 9.17) is 0 Å². The minimum Gasteiger partial charge on any atom is -0.305 e. The monoisotopic (exact) mass is 284 g/mol. The van der Waals surface area contributed by atoms with Crippen LogP contribution in [0, 0.1) is 0 Å². The first-order valence-electron chi connectivity index (χ1n) is 6.73. The molecule has 0 aliphatic rings. The molecule has 0 amide bonds. The molecule has 20 heavy (non-hydrogen) atoms. The smallest absolute Gasteiger partial charge is 0.0970 e. The number of fused-ring (bicyclic) bond motifs is 1. The summed E-state index contributed by atoms with van der Waals surface area (Å²) in [6.07, 6.45) is 4.82. The van der Waals surface area contributed by atoms with E-state index in [0.717, 1.165) is 24.0 Å². The summed E-state index contributed by atoms with van der Waals surface area (Å²) < 4.78 is 4.00. The van der Waals surface area contributed by atoms with Crippen molar-refractivity contribution in [1.29, 1.82) is 0 Å². The van der Waals surface area contributed by atoms with Gasteiger partial charge in [-0.05, 0) is 41.5 Å². The molecule has 1 aromatic carbocycles. The highest BCUT2D eigenvalue weighted by Gasteiger charge is 2.18. The van der Waals surface area contributed by atoms with Crippen LogP contribution >= 0.6 is 11.5 Å². The summed E-state index contributed by atoms with van der Waals surface area (Å²) in [5.41, 5.74) is 2.21. The Kier molecular flexibility index (Phi) is 3.99. The molecule has 4 nitrogen and oxygen atoms in total. The maximum Gasteiger partial charge on any atom is 0.0970 e. The van der Waals surface area contributed by atoms with Crippen molar-refractivity contribution in [2.75, 3.05) is 6.54 Å². The van der Waals surface area contributed by atoms with Gasteiger partial charge in [0, 0.05) is 23.2 Å². The highest BCUT2D eigenvalue weighted by molar-refractivity contribution is 7.03. The summed E-state index contributed by atoms with van der Waals surface area (Å²) in [6, 6.07) is 8.45. The van der Waals surface area contributed by atoms with Gasteiger partial charge in [0.1, 0.15) is 0 Å². The van der Waals surface area contributed by atoms with Gasteiger partial charge in [-0.2, -0.15) is 0 Å². The second kappa shape index (κ2) is 6.07. The molecule has 2 heterocycles. The van der Waals surface area contributed by atoms with E-state index >= 15 is 0 Å². The Hall–Kier alpha value is -1.85. The molecule has 1 unspecified atom stereocenters. The van der Waals surface area contributed by atoms with Crippen molar-refractivity contribution in [3.8, 4) is 0 Å². The van der Waals surface area contributed by atoms with Gasteiger partial charge >= 0.3 is 0 Å². The molecule has 5 heteroatoms. The van der Waals surface area contributed by atoms with Gasteiger partial charge in [0.15, 0.2) is 0 Å². The summed E-state index contributed by atoms with van der Waals surface area (Å²) in [5, 5.41) is 12.2. The van der Waals surface area contributed by atoms with Crippen LogP contribution in [-0.2, 0) is 0 Å². The lowest BCUT2D eigenvalue weighted by atomic mass is 9.98. The lowest BCUT2D eigenvalue weighted by Crippen LogP contribution is -2.23. The van der Waals surface area contributed by atoms with Gasteiger partial charge in [0.2, 0.25) is 0 Å². The van der Waals surface area contributed by atoms with Crippen LogP contribution in [0.25, 0.3) is 10.8 Å². The number of hydrogen-bond acceptors (Lipinski definition) is 5. The Morgan fingerprint density at radius 1 is 1.30 bits per heavy atom. The number of hydrogen-bond donors (Lipinski definition) is 1. The van der Waals surface area contributed by atoms with Gasteiger partial charge in [0.05, 0.1) is 11.7 Å². The maximum atomic E-state index is 4.24. The summed E-state index contributed by atoms with van der Waals surface area (Å²) in [5.74, 6) is 0. The van der Waals surface area contributed by atoms with Crippen LogP contribution < -0.4 is 5.32 Å². The molecule has 0 saturated heterocycles. The Bertz CT molecular complexity index is 676. The molecular formula is C15H16N4S. The van der Waals surface area contributed by atoms with Crippen molar-refractivity contribution in [2.24, 2.45) is 0 Å². The van der Waals surface area contributed by atoms with E-state index in [1.807, 2.05) is 17.8 Å². The van der Waals surface area contributed by atoms with Crippen molar-refractivity contribution >= 4 is 22.3 Å². The minimum absolute atomic E-state index is 0.0831. The molecule has 1 atom stereocenters. The zero-order valence-corrected chi connectivity index (χ0v) is 12.1. The van der Waals surface area contributed by atoms with E-state index in [9.17, 15) is 0 Å². The third-order valence-corrected chi connectivity index (χ3v) is 3.82. The fourth-order valence-corrected chi connectivity index (χ4v) is 2.84. The third-order valence-electron chi connectivity index (χ3n) is 3.30. The highest BCUT2D eigenvalue weighted by atomic mass is 32.1.